The van der Waals surface area contributed by atoms with Crippen molar-refractivity contribution in [2.24, 2.45) is 0 Å². The molecule has 1 aliphatic rings. The first-order valence-electron chi connectivity index (χ1n) is 14.7. The summed E-state index contributed by atoms with van der Waals surface area (Å²) >= 11 is 0. The van der Waals surface area contributed by atoms with Gasteiger partial charge in [0.25, 0.3) is 0 Å². The fourth-order valence-corrected chi connectivity index (χ4v) is 5.98. The number of amides is 1. The minimum absolute atomic E-state index is 0.127. The smallest absolute Gasteiger partial charge is 0.410 e. The largest absolute Gasteiger partial charge is 0.444 e. The van der Waals surface area contributed by atoms with E-state index in [0.717, 1.165) is 33.5 Å². The molecule has 42 heavy (non-hydrogen) atoms. The highest BCUT2D eigenvalue weighted by Crippen LogP contribution is 2.30. The molecule has 2 heterocycles. The highest BCUT2D eigenvalue weighted by Gasteiger charge is 2.28. The number of ketones is 1. The van der Waals surface area contributed by atoms with Crippen molar-refractivity contribution in [3.8, 4) is 0 Å². The maximum absolute atomic E-state index is 14.2. The number of imidazole rings is 1. The fourth-order valence-electron chi connectivity index (χ4n) is 5.23. The molecule has 1 saturated heterocycles. The first-order valence-corrected chi connectivity index (χ1v) is 18.4. The molecule has 222 valence electrons. The summed E-state index contributed by atoms with van der Waals surface area (Å²) in [5.41, 5.74) is 2.67. The van der Waals surface area contributed by atoms with Gasteiger partial charge in [-0.3, -0.25) is 9.36 Å². The van der Waals surface area contributed by atoms with Crippen LogP contribution in [0.1, 0.15) is 37.0 Å². The Morgan fingerprint density at radius 2 is 1.60 bits per heavy atom. The summed E-state index contributed by atoms with van der Waals surface area (Å²) in [6, 6.07) is 20.8. The second kappa shape index (κ2) is 11.9. The lowest BCUT2D eigenvalue weighted by molar-refractivity contribution is 0.0240. The normalized spacial score (nSPS) is 14.5. The zero-order valence-electron chi connectivity index (χ0n) is 25.6. The van der Waals surface area contributed by atoms with Crippen LogP contribution in [0.4, 0.5) is 10.5 Å². The van der Waals surface area contributed by atoms with Crippen molar-refractivity contribution in [3.05, 3.63) is 72.1 Å². The maximum atomic E-state index is 14.2. The number of anilines is 1. The summed E-state index contributed by atoms with van der Waals surface area (Å²) in [5, 5.41) is 1.92. The maximum Gasteiger partial charge on any atom is 0.410 e. The van der Waals surface area contributed by atoms with Crippen molar-refractivity contribution in [1.82, 2.24) is 14.5 Å². The second-order valence-corrected chi connectivity index (χ2v) is 18.8. The van der Waals surface area contributed by atoms with E-state index in [1.165, 1.54) is 0 Å². The summed E-state index contributed by atoms with van der Waals surface area (Å²) in [5.74, 6) is 0.242. The van der Waals surface area contributed by atoms with Crippen LogP contribution in [0.5, 0.6) is 0 Å². The van der Waals surface area contributed by atoms with Gasteiger partial charge in [-0.1, -0.05) is 68.2 Å². The Kier molecular flexibility index (Phi) is 8.43. The molecule has 1 aliphatic heterocycles. The van der Waals surface area contributed by atoms with E-state index >= 15 is 0 Å². The standard InChI is InChI=1S/C33H42N4O4Si/c1-33(2,3)41-32(39)36-19-17-35(18-20-36)27-15-10-16-28-29(27)34-31(37(28)23-40-21-22-42(4,5)6)30(38)26-14-9-12-24-11-7-8-13-25(24)26/h7-16H,17-23H2,1-6H3. The number of benzene rings is 3. The summed E-state index contributed by atoms with van der Waals surface area (Å²) in [4.78, 5) is 35.8. The van der Waals surface area contributed by atoms with Crippen molar-refractivity contribution in [3.63, 3.8) is 0 Å². The zero-order valence-corrected chi connectivity index (χ0v) is 26.6. The summed E-state index contributed by atoms with van der Waals surface area (Å²) < 4.78 is 13.7. The third-order valence-corrected chi connectivity index (χ3v) is 9.19. The molecule has 1 fully saturated rings. The molecule has 3 aromatic carbocycles. The lowest BCUT2D eigenvalue weighted by Gasteiger charge is -2.36. The third kappa shape index (κ3) is 6.68. The molecule has 0 unspecified atom stereocenters. The number of aromatic nitrogens is 2. The lowest BCUT2D eigenvalue weighted by atomic mass is 10.0. The molecule has 0 bridgehead atoms. The summed E-state index contributed by atoms with van der Waals surface area (Å²) in [7, 11) is -1.27. The van der Waals surface area contributed by atoms with E-state index < -0.39 is 13.7 Å². The molecule has 9 heteroatoms. The van der Waals surface area contributed by atoms with E-state index in [9.17, 15) is 9.59 Å². The molecule has 0 saturated carbocycles. The molecule has 4 aromatic rings. The Bertz CT molecular complexity index is 1590. The summed E-state index contributed by atoms with van der Waals surface area (Å²) in [6.45, 7) is 15.9. The molecule has 0 N–H and O–H groups in total. The molecule has 5 rings (SSSR count). The lowest BCUT2D eigenvalue weighted by Crippen LogP contribution is -2.50. The number of fused-ring (bicyclic) bond motifs is 2. The first-order chi connectivity index (χ1) is 19.9. The highest BCUT2D eigenvalue weighted by atomic mass is 28.3. The predicted molar refractivity (Wildman–Crippen MR) is 171 cm³/mol. The number of nitrogens with zero attached hydrogens (tertiary/aromatic N) is 4. The van der Waals surface area contributed by atoms with Crippen molar-refractivity contribution >= 4 is 47.4 Å². The van der Waals surface area contributed by atoms with E-state index in [1.54, 1.807) is 4.90 Å². The van der Waals surface area contributed by atoms with Gasteiger partial charge in [0.1, 0.15) is 17.8 Å². The van der Waals surface area contributed by atoms with Crippen molar-refractivity contribution in [1.29, 1.82) is 0 Å². The van der Waals surface area contributed by atoms with Gasteiger partial charge in [-0.15, -0.1) is 0 Å². The number of ether oxygens (including phenoxy) is 2. The number of hydrogen-bond donors (Lipinski definition) is 0. The van der Waals surface area contributed by atoms with Crippen LogP contribution in [0.15, 0.2) is 60.7 Å². The van der Waals surface area contributed by atoms with E-state index in [2.05, 4.69) is 24.5 Å². The number of carbonyl (C=O) groups is 2. The van der Waals surface area contributed by atoms with Gasteiger partial charge in [0.2, 0.25) is 5.78 Å². The van der Waals surface area contributed by atoms with Crippen LogP contribution < -0.4 is 4.90 Å². The van der Waals surface area contributed by atoms with E-state index in [4.69, 9.17) is 14.5 Å². The SMILES string of the molecule is CC(C)(C)OC(=O)N1CCN(c2cccc3c2nc(C(=O)c2cccc4ccccc24)n3COCC[Si](C)(C)C)CC1. The monoisotopic (exact) mass is 586 g/mol. The van der Waals surface area contributed by atoms with Gasteiger partial charge in [-0.2, -0.15) is 0 Å². The molecule has 0 spiro atoms. The van der Waals surface area contributed by atoms with Crippen LogP contribution in [0, 0.1) is 0 Å². The quantitative estimate of drug-likeness (QED) is 0.129. The average Bonchev–Trinajstić information content (AvgIpc) is 3.32. The average molecular weight is 587 g/mol. The van der Waals surface area contributed by atoms with E-state index in [1.807, 2.05) is 86.0 Å². The predicted octanol–water partition coefficient (Wildman–Crippen LogP) is 6.79. The molecule has 0 aliphatic carbocycles. The van der Waals surface area contributed by atoms with E-state index in [-0.39, 0.29) is 18.6 Å². The zero-order chi connectivity index (χ0) is 30.1. The number of rotatable bonds is 8. The molecular formula is C33H42N4O4Si. The third-order valence-electron chi connectivity index (χ3n) is 7.48. The minimum atomic E-state index is -1.27. The van der Waals surface area contributed by atoms with Crippen LogP contribution in [-0.2, 0) is 16.2 Å². The topological polar surface area (TPSA) is 76.9 Å². The Hall–Kier alpha value is -3.69. The van der Waals surface area contributed by atoms with Crippen molar-refractivity contribution in [2.75, 3.05) is 37.7 Å². The van der Waals surface area contributed by atoms with Gasteiger partial charge >= 0.3 is 6.09 Å². The van der Waals surface area contributed by atoms with Crippen LogP contribution in [0.25, 0.3) is 21.8 Å². The van der Waals surface area contributed by atoms with Gasteiger partial charge in [-0.05, 0) is 49.7 Å². The Balaban J connectivity index is 1.48. The molecule has 1 amide bonds. The number of carbonyl (C=O) groups excluding carboxylic acids is 2. The molecule has 1 aromatic heterocycles. The van der Waals surface area contributed by atoms with Crippen molar-refractivity contribution in [2.45, 2.75) is 58.8 Å². The fraction of sp³-hybridized carbons (Fsp3) is 0.424. The van der Waals surface area contributed by atoms with Crippen LogP contribution in [0.3, 0.4) is 0 Å². The van der Waals surface area contributed by atoms with Gasteiger partial charge < -0.3 is 19.3 Å². The number of para-hydroxylation sites is 1. The molecular weight excluding hydrogens is 544 g/mol. The molecule has 0 radical (unpaired) electrons. The Morgan fingerprint density at radius 1 is 0.905 bits per heavy atom. The molecule has 0 atom stereocenters. The first kappa shape index (κ1) is 29.8. The summed E-state index contributed by atoms with van der Waals surface area (Å²) in [6.07, 6.45) is -0.289. The van der Waals surface area contributed by atoms with Crippen LogP contribution in [0.2, 0.25) is 25.7 Å². The highest BCUT2D eigenvalue weighted by molar-refractivity contribution is 6.76. The van der Waals surface area contributed by atoms with E-state index in [0.29, 0.717) is 44.2 Å². The second-order valence-electron chi connectivity index (χ2n) is 13.2. The number of piperazine rings is 1. The van der Waals surface area contributed by atoms with Gasteiger partial charge in [0, 0.05) is 46.4 Å². The van der Waals surface area contributed by atoms with Crippen LogP contribution >= 0.6 is 0 Å². The van der Waals surface area contributed by atoms with Gasteiger partial charge in [0.05, 0.1) is 11.2 Å². The minimum Gasteiger partial charge on any atom is -0.444 e. The van der Waals surface area contributed by atoms with Gasteiger partial charge in [-0.25, -0.2) is 9.78 Å². The molecule has 8 nitrogen and oxygen atoms in total. The number of hydrogen-bond acceptors (Lipinski definition) is 6. The van der Waals surface area contributed by atoms with Crippen LogP contribution in [-0.4, -0.2) is 72.8 Å². The Labute approximate surface area is 249 Å². The Morgan fingerprint density at radius 3 is 2.31 bits per heavy atom. The van der Waals surface area contributed by atoms with Gasteiger partial charge in [0.15, 0.2) is 5.82 Å². The van der Waals surface area contributed by atoms with Crippen molar-refractivity contribution < 1.29 is 19.1 Å².